The van der Waals surface area contributed by atoms with Gasteiger partial charge in [0.1, 0.15) is 0 Å². The average molecular weight is 549 g/mol. The highest BCUT2D eigenvalue weighted by atomic mass is 127. The largest absolute Gasteiger partial charge is 0.356 e. The Balaban J connectivity index is 0.00000341. The van der Waals surface area contributed by atoms with Gasteiger partial charge in [-0.1, -0.05) is 19.8 Å². The molecule has 0 aromatic rings. The van der Waals surface area contributed by atoms with Crippen LogP contribution in [0, 0.1) is 5.92 Å². The molecule has 3 fully saturated rings. The van der Waals surface area contributed by atoms with Crippen molar-refractivity contribution in [2.24, 2.45) is 10.9 Å². The van der Waals surface area contributed by atoms with Crippen LogP contribution in [0.15, 0.2) is 4.99 Å². The molecule has 3 aliphatic rings. The number of hydrogen-bond donors (Lipinski definition) is 1. The number of rotatable bonds is 6. The van der Waals surface area contributed by atoms with Crippen molar-refractivity contribution in [1.29, 1.82) is 0 Å². The lowest BCUT2D eigenvalue weighted by Crippen LogP contribution is -2.54. The van der Waals surface area contributed by atoms with Crippen molar-refractivity contribution in [3.8, 4) is 0 Å². The second kappa shape index (κ2) is 14.5. The fourth-order valence-electron chi connectivity index (χ4n) is 5.04. The molecular weight excluding hydrogens is 503 g/mol. The second-order valence-electron chi connectivity index (χ2n) is 9.20. The molecule has 3 saturated heterocycles. The van der Waals surface area contributed by atoms with Crippen molar-refractivity contribution in [2.45, 2.75) is 51.9 Å². The molecule has 0 bridgehead atoms. The number of hydrogen-bond acceptors (Lipinski definition) is 4. The summed E-state index contributed by atoms with van der Waals surface area (Å²) in [5.41, 5.74) is 0. The molecule has 0 aromatic heterocycles. The van der Waals surface area contributed by atoms with Crippen LogP contribution in [0.3, 0.4) is 0 Å². The van der Waals surface area contributed by atoms with E-state index < -0.39 is 0 Å². The zero-order valence-electron chi connectivity index (χ0n) is 19.9. The van der Waals surface area contributed by atoms with Gasteiger partial charge < -0.3 is 20.0 Å². The summed E-state index contributed by atoms with van der Waals surface area (Å²) in [6, 6.07) is 0. The van der Waals surface area contributed by atoms with E-state index in [0.29, 0.717) is 12.5 Å². The first-order valence-corrected chi connectivity index (χ1v) is 12.4. The van der Waals surface area contributed by atoms with E-state index in [1.165, 1.54) is 64.6 Å². The molecule has 0 unspecified atom stereocenters. The Morgan fingerprint density at radius 2 is 1.52 bits per heavy atom. The van der Waals surface area contributed by atoms with E-state index in [4.69, 9.17) is 0 Å². The number of nitrogens with one attached hydrogen (secondary N) is 1. The van der Waals surface area contributed by atoms with Crippen LogP contribution < -0.4 is 5.32 Å². The molecule has 0 atom stereocenters. The minimum absolute atomic E-state index is 0. The van der Waals surface area contributed by atoms with Gasteiger partial charge in [-0.15, -0.1) is 24.0 Å². The summed E-state index contributed by atoms with van der Waals surface area (Å²) in [4.78, 5) is 26.5. The van der Waals surface area contributed by atoms with Gasteiger partial charge >= 0.3 is 0 Å². The molecule has 0 aromatic carbocycles. The van der Waals surface area contributed by atoms with E-state index in [-0.39, 0.29) is 24.0 Å². The number of guanidine groups is 1. The number of piperazine rings is 1. The molecular formula is C23H45IN6O. The van der Waals surface area contributed by atoms with E-state index in [9.17, 15) is 4.79 Å². The first-order valence-electron chi connectivity index (χ1n) is 12.4. The van der Waals surface area contributed by atoms with Crippen LogP contribution in [0.2, 0.25) is 0 Å². The van der Waals surface area contributed by atoms with E-state index in [0.717, 1.165) is 57.7 Å². The van der Waals surface area contributed by atoms with Crippen molar-refractivity contribution < 1.29 is 4.79 Å². The molecule has 3 rings (SSSR count). The first-order chi connectivity index (χ1) is 14.7. The van der Waals surface area contributed by atoms with Gasteiger partial charge in [0.15, 0.2) is 5.96 Å². The lowest BCUT2D eigenvalue weighted by molar-refractivity contribution is -0.132. The maximum Gasteiger partial charge on any atom is 0.236 e. The van der Waals surface area contributed by atoms with Gasteiger partial charge in [-0.2, -0.15) is 0 Å². The third-order valence-electron chi connectivity index (χ3n) is 7.19. The summed E-state index contributed by atoms with van der Waals surface area (Å²) in [6.45, 7) is 13.2. The number of nitrogens with zero attached hydrogens (tertiary/aromatic N) is 5. The molecule has 0 spiro atoms. The van der Waals surface area contributed by atoms with Gasteiger partial charge in [0.2, 0.25) is 5.91 Å². The Morgan fingerprint density at radius 3 is 2.10 bits per heavy atom. The van der Waals surface area contributed by atoms with Crippen LogP contribution in [0.5, 0.6) is 0 Å². The maximum absolute atomic E-state index is 12.7. The summed E-state index contributed by atoms with van der Waals surface area (Å²) < 4.78 is 0. The van der Waals surface area contributed by atoms with Crippen LogP contribution in [0.1, 0.15) is 51.9 Å². The van der Waals surface area contributed by atoms with E-state index in [1.807, 2.05) is 7.05 Å². The minimum Gasteiger partial charge on any atom is -0.356 e. The topological polar surface area (TPSA) is 54.4 Å². The van der Waals surface area contributed by atoms with Crippen molar-refractivity contribution in [2.75, 3.05) is 79.0 Å². The summed E-state index contributed by atoms with van der Waals surface area (Å²) in [5.74, 6) is 2.20. The lowest BCUT2D eigenvalue weighted by Gasteiger charge is -2.37. The lowest BCUT2D eigenvalue weighted by atomic mass is 9.93. The van der Waals surface area contributed by atoms with Crippen molar-refractivity contribution in [3.63, 3.8) is 0 Å². The molecule has 0 saturated carbocycles. The third kappa shape index (κ3) is 8.68. The van der Waals surface area contributed by atoms with Crippen LogP contribution in [0.25, 0.3) is 0 Å². The van der Waals surface area contributed by atoms with Gasteiger partial charge in [-0.05, 0) is 57.7 Å². The summed E-state index contributed by atoms with van der Waals surface area (Å²) in [6.07, 6.45) is 8.77. The Bertz CT molecular complexity index is 536. The standard InChI is InChI=1S/C23H44N6O.HI/c1-3-26-14-9-21(10-15-26)8-11-25-23(24-2)29-18-16-27(17-19-29)20-22(30)28-12-6-4-5-7-13-28;/h21H,3-20H2,1-2H3,(H,24,25);1H. The average Bonchev–Trinajstić information content (AvgIpc) is 3.08. The second-order valence-corrected chi connectivity index (χ2v) is 9.20. The molecule has 1 amide bonds. The molecule has 0 radical (unpaired) electrons. The number of likely N-dealkylation sites (tertiary alicyclic amines) is 2. The van der Waals surface area contributed by atoms with Crippen LogP contribution in [-0.4, -0.2) is 111 Å². The van der Waals surface area contributed by atoms with Crippen LogP contribution in [0.4, 0.5) is 0 Å². The number of piperidine rings is 1. The fraction of sp³-hybridized carbons (Fsp3) is 0.913. The molecule has 180 valence electrons. The number of carbonyl (C=O) groups is 1. The van der Waals surface area contributed by atoms with Gasteiger partial charge in [0.05, 0.1) is 6.54 Å². The molecule has 3 heterocycles. The Morgan fingerprint density at radius 1 is 0.871 bits per heavy atom. The zero-order valence-corrected chi connectivity index (χ0v) is 22.2. The van der Waals surface area contributed by atoms with E-state index >= 15 is 0 Å². The quantitative estimate of drug-likeness (QED) is 0.314. The normalized spacial score (nSPS) is 22.7. The number of aliphatic imine (C=N–C) groups is 1. The smallest absolute Gasteiger partial charge is 0.236 e. The fourth-order valence-corrected chi connectivity index (χ4v) is 5.04. The molecule has 7 nitrogen and oxygen atoms in total. The van der Waals surface area contributed by atoms with Gasteiger partial charge in [-0.25, -0.2) is 0 Å². The third-order valence-corrected chi connectivity index (χ3v) is 7.19. The first kappa shape index (κ1) is 26.6. The molecule has 1 N–H and O–H groups in total. The highest BCUT2D eigenvalue weighted by Gasteiger charge is 2.24. The SMILES string of the molecule is CCN1CCC(CCNC(=NC)N2CCN(CC(=O)N3CCCCCC3)CC2)CC1.I. The Kier molecular flexibility index (Phi) is 12.5. The highest BCUT2D eigenvalue weighted by Crippen LogP contribution is 2.19. The Hall–Kier alpha value is -0.610. The van der Waals surface area contributed by atoms with Crippen molar-refractivity contribution in [3.05, 3.63) is 0 Å². The summed E-state index contributed by atoms with van der Waals surface area (Å²) in [7, 11) is 1.89. The predicted octanol–water partition coefficient (Wildman–Crippen LogP) is 2.32. The molecule has 0 aliphatic carbocycles. The van der Waals surface area contributed by atoms with Gasteiger partial charge in [0, 0.05) is 52.9 Å². The van der Waals surface area contributed by atoms with E-state index in [2.05, 4.69) is 36.8 Å². The molecule has 3 aliphatic heterocycles. The van der Waals surface area contributed by atoms with E-state index in [1.54, 1.807) is 0 Å². The van der Waals surface area contributed by atoms with Crippen molar-refractivity contribution in [1.82, 2.24) is 24.9 Å². The van der Waals surface area contributed by atoms with Crippen molar-refractivity contribution >= 4 is 35.8 Å². The predicted molar refractivity (Wildman–Crippen MR) is 139 cm³/mol. The Labute approximate surface area is 207 Å². The number of halogens is 1. The molecule has 8 heteroatoms. The van der Waals surface area contributed by atoms with Crippen LogP contribution in [-0.2, 0) is 4.79 Å². The zero-order chi connectivity index (χ0) is 21.2. The highest BCUT2D eigenvalue weighted by molar-refractivity contribution is 14.0. The molecule has 31 heavy (non-hydrogen) atoms. The van der Waals surface area contributed by atoms with Gasteiger partial charge in [-0.3, -0.25) is 14.7 Å². The summed E-state index contributed by atoms with van der Waals surface area (Å²) in [5, 5.41) is 3.59. The number of carbonyl (C=O) groups excluding carboxylic acids is 1. The monoisotopic (exact) mass is 548 g/mol. The number of amides is 1. The maximum atomic E-state index is 12.7. The summed E-state index contributed by atoms with van der Waals surface area (Å²) >= 11 is 0. The van der Waals surface area contributed by atoms with Crippen LogP contribution >= 0.6 is 24.0 Å². The van der Waals surface area contributed by atoms with Gasteiger partial charge in [0.25, 0.3) is 0 Å². The minimum atomic E-state index is 0.